The first-order chi connectivity index (χ1) is 10.7. The Morgan fingerprint density at radius 1 is 1.32 bits per heavy atom. The molecule has 0 aromatic carbocycles. The summed E-state index contributed by atoms with van der Waals surface area (Å²) in [6.45, 7) is 7.53. The lowest BCUT2D eigenvalue weighted by atomic mass is 10.2. The average molecular weight is 323 g/mol. The van der Waals surface area contributed by atoms with E-state index in [9.17, 15) is 4.79 Å². The molecule has 118 valence electrons. The number of hydrogen-bond donors (Lipinski definition) is 1. The van der Waals surface area contributed by atoms with Gasteiger partial charge in [0.25, 0.3) is 5.91 Å². The molecule has 0 radical (unpaired) electrons. The van der Waals surface area contributed by atoms with Crippen LogP contribution in [0.4, 0.5) is 0 Å². The summed E-state index contributed by atoms with van der Waals surface area (Å²) in [6, 6.07) is 1.59. The van der Waals surface area contributed by atoms with E-state index in [0.717, 1.165) is 19.6 Å². The summed E-state index contributed by atoms with van der Waals surface area (Å²) < 4.78 is 1.59. The molecule has 22 heavy (non-hydrogen) atoms. The number of halogens is 1. The molecule has 8 heteroatoms. The quantitative estimate of drug-likeness (QED) is 0.833. The van der Waals surface area contributed by atoms with Gasteiger partial charge in [-0.1, -0.05) is 25.4 Å². The van der Waals surface area contributed by atoms with E-state index in [4.69, 9.17) is 11.6 Å². The predicted molar refractivity (Wildman–Crippen MR) is 84.3 cm³/mol. The molecule has 0 saturated carbocycles. The Bertz CT molecular complexity index is 612. The van der Waals surface area contributed by atoms with Crippen LogP contribution in [-0.4, -0.2) is 56.7 Å². The zero-order valence-electron chi connectivity index (χ0n) is 12.7. The minimum Gasteiger partial charge on any atom is -0.351 e. The fourth-order valence-corrected chi connectivity index (χ4v) is 2.29. The molecule has 0 aliphatic rings. The molecule has 0 spiro atoms. The number of rotatable bonds is 7. The Labute approximate surface area is 134 Å². The Hall–Kier alpha value is -1.99. The third-order valence-electron chi connectivity index (χ3n) is 3.36. The molecule has 0 fully saturated rings. The SMILES string of the molecule is CCN(CC)CCNC(=O)c1cnc(-n2cnnc2)c(Cl)c1. The number of pyridine rings is 1. The second kappa shape index (κ2) is 7.86. The molecule has 0 unspecified atom stereocenters. The Morgan fingerprint density at radius 2 is 2.00 bits per heavy atom. The van der Waals surface area contributed by atoms with Crippen molar-refractivity contribution >= 4 is 17.5 Å². The van der Waals surface area contributed by atoms with Gasteiger partial charge in [-0.2, -0.15) is 0 Å². The third kappa shape index (κ3) is 4.02. The lowest BCUT2D eigenvalue weighted by Gasteiger charge is -2.18. The molecular weight excluding hydrogens is 304 g/mol. The first-order valence-corrected chi connectivity index (χ1v) is 7.54. The fourth-order valence-electron chi connectivity index (χ4n) is 2.02. The van der Waals surface area contributed by atoms with Gasteiger partial charge in [-0.25, -0.2) is 4.98 Å². The number of nitrogens with zero attached hydrogens (tertiary/aromatic N) is 5. The summed E-state index contributed by atoms with van der Waals surface area (Å²) in [7, 11) is 0. The van der Waals surface area contributed by atoms with Gasteiger partial charge in [0, 0.05) is 19.3 Å². The van der Waals surface area contributed by atoms with E-state index in [1.54, 1.807) is 10.6 Å². The number of likely N-dealkylation sites (N-methyl/N-ethyl adjacent to an activating group) is 1. The Kier molecular flexibility index (Phi) is 5.85. The van der Waals surface area contributed by atoms with Gasteiger partial charge in [0.1, 0.15) is 12.7 Å². The monoisotopic (exact) mass is 322 g/mol. The molecule has 2 heterocycles. The Morgan fingerprint density at radius 3 is 2.59 bits per heavy atom. The van der Waals surface area contributed by atoms with Gasteiger partial charge in [-0.3, -0.25) is 9.36 Å². The van der Waals surface area contributed by atoms with Crippen molar-refractivity contribution in [2.75, 3.05) is 26.2 Å². The maximum Gasteiger partial charge on any atom is 0.252 e. The second-order valence-electron chi connectivity index (χ2n) is 4.68. The molecule has 7 nitrogen and oxygen atoms in total. The minimum atomic E-state index is -0.183. The molecular formula is C14H19ClN6O. The van der Waals surface area contributed by atoms with E-state index in [2.05, 4.69) is 39.2 Å². The number of nitrogens with one attached hydrogen (secondary N) is 1. The highest BCUT2D eigenvalue weighted by Crippen LogP contribution is 2.18. The zero-order chi connectivity index (χ0) is 15.9. The van der Waals surface area contributed by atoms with E-state index >= 15 is 0 Å². The summed E-state index contributed by atoms with van der Waals surface area (Å²) in [5, 5.41) is 10.6. The molecule has 0 saturated heterocycles. The van der Waals surface area contributed by atoms with Crippen LogP contribution in [0, 0.1) is 0 Å². The van der Waals surface area contributed by atoms with Crippen molar-refractivity contribution < 1.29 is 4.79 Å². The first-order valence-electron chi connectivity index (χ1n) is 7.16. The van der Waals surface area contributed by atoms with Gasteiger partial charge in [0.2, 0.25) is 0 Å². The normalized spacial score (nSPS) is 10.9. The molecule has 0 aliphatic heterocycles. The van der Waals surface area contributed by atoms with Crippen LogP contribution in [0.1, 0.15) is 24.2 Å². The number of carbonyl (C=O) groups is 1. The van der Waals surface area contributed by atoms with Gasteiger partial charge in [0.15, 0.2) is 5.82 Å². The summed E-state index contributed by atoms with van der Waals surface area (Å²) in [5.74, 6) is 0.309. The van der Waals surface area contributed by atoms with Gasteiger partial charge >= 0.3 is 0 Å². The molecule has 0 bridgehead atoms. The average Bonchev–Trinajstić information content (AvgIpc) is 3.05. The third-order valence-corrected chi connectivity index (χ3v) is 3.63. The maximum absolute atomic E-state index is 12.1. The van der Waals surface area contributed by atoms with Gasteiger partial charge in [-0.05, 0) is 19.2 Å². The number of aromatic nitrogens is 4. The smallest absolute Gasteiger partial charge is 0.252 e. The molecule has 2 aromatic rings. The van der Waals surface area contributed by atoms with Crippen molar-refractivity contribution in [2.45, 2.75) is 13.8 Å². The van der Waals surface area contributed by atoms with Crippen molar-refractivity contribution in [3.05, 3.63) is 35.5 Å². The van der Waals surface area contributed by atoms with E-state index < -0.39 is 0 Å². The summed E-state index contributed by atoms with van der Waals surface area (Å²) in [4.78, 5) is 18.5. The van der Waals surface area contributed by atoms with Crippen LogP contribution in [0.25, 0.3) is 5.82 Å². The standard InChI is InChI=1S/C14H19ClN6O/c1-3-20(4-2)6-5-16-14(22)11-7-12(15)13(17-8-11)21-9-18-19-10-21/h7-10H,3-6H2,1-2H3,(H,16,22). The zero-order valence-corrected chi connectivity index (χ0v) is 13.4. The molecule has 1 N–H and O–H groups in total. The summed E-state index contributed by atoms with van der Waals surface area (Å²) in [5.41, 5.74) is 0.432. The van der Waals surface area contributed by atoms with Crippen LogP contribution in [0.2, 0.25) is 5.02 Å². The van der Waals surface area contributed by atoms with Crippen LogP contribution in [0.15, 0.2) is 24.9 Å². The van der Waals surface area contributed by atoms with E-state index in [-0.39, 0.29) is 5.91 Å². The lowest BCUT2D eigenvalue weighted by molar-refractivity contribution is 0.0948. The van der Waals surface area contributed by atoms with Crippen molar-refractivity contribution in [1.29, 1.82) is 0 Å². The summed E-state index contributed by atoms with van der Waals surface area (Å²) >= 11 is 6.17. The molecule has 0 atom stereocenters. The highest BCUT2D eigenvalue weighted by Gasteiger charge is 2.11. The first kappa shape index (κ1) is 16.4. The van der Waals surface area contributed by atoms with Crippen LogP contribution in [0.3, 0.4) is 0 Å². The Balaban J connectivity index is 1.98. The largest absolute Gasteiger partial charge is 0.351 e. The second-order valence-corrected chi connectivity index (χ2v) is 5.09. The topological polar surface area (TPSA) is 75.9 Å². The van der Waals surface area contributed by atoms with Crippen LogP contribution in [-0.2, 0) is 0 Å². The van der Waals surface area contributed by atoms with Crippen LogP contribution in [0.5, 0.6) is 0 Å². The lowest BCUT2D eigenvalue weighted by Crippen LogP contribution is -2.34. The molecule has 1 amide bonds. The number of carbonyl (C=O) groups excluding carboxylic acids is 1. The minimum absolute atomic E-state index is 0.183. The van der Waals surface area contributed by atoms with E-state index in [1.165, 1.54) is 18.9 Å². The van der Waals surface area contributed by atoms with Crippen LogP contribution < -0.4 is 5.32 Å². The fraction of sp³-hybridized carbons (Fsp3) is 0.429. The molecule has 2 rings (SSSR count). The van der Waals surface area contributed by atoms with E-state index in [1.807, 2.05) is 0 Å². The van der Waals surface area contributed by atoms with Crippen molar-refractivity contribution in [1.82, 2.24) is 30.0 Å². The number of hydrogen-bond acceptors (Lipinski definition) is 5. The van der Waals surface area contributed by atoms with Crippen molar-refractivity contribution in [3.63, 3.8) is 0 Å². The highest BCUT2D eigenvalue weighted by atomic mass is 35.5. The van der Waals surface area contributed by atoms with E-state index in [0.29, 0.717) is 22.9 Å². The molecule has 0 aliphatic carbocycles. The maximum atomic E-state index is 12.1. The van der Waals surface area contributed by atoms with Gasteiger partial charge in [-0.15, -0.1) is 10.2 Å². The van der Waals surface area contributed by atoms with Crippen molar-refractivity contribution in [3.8, 4) is 5.82 Å². The summed E-state index contributed by atoms with van der Waals surface area (Å²) in [6.07, 6.45) is 4.49. The predicted octanol–water partition coefficient (Wildman–Crippen LogP) is 1.39. The van der Waals surface area contributed by atoms with Crippen molar-refractivity contribution in [2.24, 2.45) is 0 Å². The van der Waals surface area contributed by atoms with Crippen LogP contribution >= 0.6 is 11.6 Å². The number of amides is 1. The molecule has 2 aromatic heterocycles. The van der Waals surface area contributed by atoms with Gasteiger partial charge in [0.05, 0.1) is 10.6 Å². The highest BCUT2D eigenvalue weighted by molar-refractivity contribution is 6.32. The van der Waals surface area contributed by atoms with Gasteiger partial charge < -0.3 is 10.2 Å².